The fraction of sp³-hybridized carbons (Fsp3) is 0.579. The van der Waals surface area contributed by atoms with Gasteiger partial charge in [-0.25, -0.2) is 13.4 Å². The normalized spacial score (nSPS) is 15.7. The monoisotopic (exact) mass is 411 g/mol. The highest BCUT2D eigenvalue weighted by molar-refractivity contribution is 7.90. The Morgan fingerprint density at radius 3 is 2.68 bits per heavy atom. The quantitative estimate of drug-likeness (QED) is 0.757. The minimum absolute atomic E-state index is 0.0422. The number of halogens is 1. The Morgan fingerprint density at radius 1 is 1.32 bits per heavy atom. The summed E-state index contributed by atoms with van der Waals surface area (Å²) >= 11 is 0. The molecule has 0 atom stereocenters. The van der Waals surface area contributed by atoms with Crippen LogP contribution in [0.3, 0.4) is 0 Å². The van der Waals surface area contributed by atoms with Gasteiger partial charge in [-0.1, -0.05) is 19.3 Å². The van der Waals surface area contributed by atoms with Crippen LogP contribution in [0, 0.1) is 11.7 Å². The van der Waals surface area contributed by atoms with Crippen molar-refractivity contribution in [3.63, 3.8) is 0 Å². The summed E-state index contributed by atoms with van der Waals surface area (Å²) in [6.45, 7) is 1.97. The molecule has 0 unspecified atom stereocenters. The third kappa shape index (κ3) is 4.81. The highest BCUT2D eigenvalue weighted by atomic mass is 32.2. The van der Waals surface area contributed by atoms with Crippen LogP contribution in [-0.4, -0.2) is 42.3 Å². The lowest BCUT2D eigenvalue weighted by molar-refractivity contribution is -0.120. The minimum Gasteiger partial charge on any atom is -0.488 e. The smallest absolute Gasteiger partial charge is 0.227 e. The largest absolute Gasteiger partial charge is 0.488 e. The van der Waals surface area contributed by atoms with Crippen molar-refractivity contribution in [3.8, 4) is 5.75 Å². The van der Waals surface area contributed by atoms with Gasteiger partial charge in [-0.05, 0) is 19.8 Å². The molecule has 2 aromatic rings. The third-order valence-electron chi connectivity index (χ3n) is 4.94. The van der Waals surface area contributed by atoms with E-state index in [9.17, 15) is 13.2 Å². The van der Waals surface area contributed by atoms with Gasteiger partial charge in [-0.15, -0.1) is 0 Å². The highest BCUT2D eigenvalue weighted by Gasteiger charge is 2.24. The number of amides is 1. The molecular formula is C19H26FN3O4S. The molecule has 1 saturated carbocycles. The molecule has 0 aromatic carbocycles. The average molecular weight is 411 g/mol. The van der Waals surface area contributed by atoms with Gasteiger partial charge in [0.05, 0.1) is 18.1 Å². The van der Waals surface area contributed by atoms with Crippen molar-refractivity contribution >= 4 is 27.1 Å². The number of hydrogen-bond acceptors (Lipinski definition) is 5. The number of fused-ring (bicyclic) bond motifs is 1. The zero-order valence-corrected chi connectivity index (χ0v) is 17.0. The van der Waals surface area contributed by atoms with Crippen LogP contribution in [-0.2, 0) is 21.1 Å². The number of nitrogens with one attached hydrogen (secondary N) is 1. The second-order valence-corrected chi connectivity index (χ2v) is 9.55. The lowest BCUT2D eigenvalue weighted by Gasteiger charge is -2.21. The molecule has 0 aliphatic heterocycles. The van der Waals surface area contributed by atoms with E-state index in [1.165, 1.54) is 4.40 Å². The number of ether oxygens (including phenoxy) is 1. The van der Waals surface area contributed by atoms with E-state index in [0.29, 0.717) is 5.69 Å². The molecule has 1 aliphatic carbocycles. The Morgan fingerprint density at radius 2 is 2.04 bits per heavy atom. The number of hydrogen-bond donors (Lipinski definition) is 1. The third-order valence-corrected chi connectivity index (χ3v) is 5.89. The van der Waals surface area contributed by atoms with E-state index in [2.05, 4.69) is 10.3 Å². The van der Waals surface area contributed by atoms with Gasteiger partial charge in [0, 0.05) is 31.0 Å². The first kappa shape index (κ1) is 20.6. The van der Waals surface area contributed by atoms with Gasteiger partial charge in [0.2, 0.25) is 11.7 Å². The number of rotatable bonds is 7. The molecule has 3 rings (SSSR count). The number of carbonyl (C=O) groups is 1. The van der Waals surface area contributed by atoms with Gasteiger partial charge in [-0.2, -0.15) is 4.39 Å². The van der Waals surface area contributed by atoms with Crippen molar-refractivity contribution in [2.75, 3.05) is 23.9 Å². The molecule has 9 heteroatoms. The van der Waals surface area contributed by atoms with E-state index in [1.807, 2.05) is 0 Å². The zero-order chi connectivity index (χ0) is 20.3. The number of pyridine rings is 1. The number of aryl methyl sites for hydroxylation is 1. The lowest BCUT2D eigenvalue weighted by atomic mass is 9.88. The van der Waals surface area contributed by atoms with Crippen LogP contribution in [0.25, 0.3) is 5.65 Å². The maximum atomic E-state index is 15.0. The molecule has 1 aliphatic rings. The zero-order valence-electron chi connectivity index (χ0n) is 16.2. The number of nitrogens with zero attached hydrogens (tertiary/aromatic N) is 2. The first-order chi connectivity index (χ1) is 13.3. The summed E-state index contributed by atoms with van der Waals surface area (Å²) in [5, 5.41) is 2.82. The number of aromatic nitrogens is 2. The molecule has 1 fully saturated rings. The van der Waals surface area contributed by atoms with Gasteiger partial charge >= 0.3 is 0 Å². The maximum absolute atomic E-state index is 15.0. The number of anilines is 1. The van der Waals surface area contributed by atoms with E-state index in [-0.39, 0.29) is 47.7 Å². The van der Waals surface area contributed by atoms with Gasteiger partial charge < -0.3 is 14.5 Å². The Kier molecular flexibility index (Phi) is 6.22. The van der Waals surface area contributed by atoms with E-state index >= 15 is 4.39 Å². The molecule has 0 spiro atoms. The molecule has 28 heavy (non-hydrogen) atoms. The molecule has 1 N–H and O–H groups in total. The first-order valence-corrected chi connectivity index (χ1v) is 11.7. The molecule has 154 valence electrons. The standard InChI is InChI=1S/C19H26FN3O4S/c1-3-27-17-15(22-19(24)13-7-5-4-6-8-13)12-23-11-14(9-10-28(2,25)26)21-18(23)16(17)20/h11-13H,3-10H2,1-2H3,(H,22,24). The molecular weight excluding hydrogens is 385 g/mol. The van der Waals surface area contributed by atoms with Crippen molar-refractivity contribution < 1.29 is 22.3 Å². The molecule has 2 heterocycles. The lowest BCUT2D eigenvalue weighted by Crippen LogP contribution is -2.25. The topological polar surface area (TPSA) is 89.8 Å². The van der Waals surface area contributed by atoms with Gasteiger partial charge in [0.15, 0.2) is 11.4 Å². The number of carbonyl (C=O) groups excluding carboxylic acids is 1. The summed E-state index contributed by atoms with van der Waals surface area (Å²) in [6, 6.07) is 0. The van der Waals surface area contributed by atoms with Crippen molar-refractivity contribution in [2.45, 2.75) is 45.4 Å². The fourth-order valence-corrected chi connectivity index (χ4v) is 4.09. The fourth-order valence-electron chi connectivity index (χ4n) is 3.51. The highest BCUT2D eigenvalue weighted by Crippen LogP contribution is 2.33. The van der Waals surface area contributed by atoms with E-state index in [1.54, 1.807) is 19.3 Å². The van der Waals surface area contributed by atoms with Crippen LogP contribution in [0.1, 0.15) is 44.7 Å². The van der Waals surface area contributed by atoms with Gasteiger partial charge in [0.25, 0.3) is 0 Å². The van der Waals surface area contributed by atoms with Crippen LogP contribution in [0.15, 0.2) is 12.4 Å². The first-order valence-electron chi connectivity index (χ1n) is 9.60. The summed E-state index contributed by atoms with van der Waals surface area (Å²) in [4.78, 5) is 16.8. The van der Waals surface area contributed by atoms with Crippen LogP contribution >= 0.6 is 0 Å². The minimum atomic E-state index is -3.15. The summed E-state index contributed by atoms with van der Waals surface area (Å²) in [5.41, 5.74) is 0.764. The Hall–Kier alpha value is -2.16. The summed E-state index contributed by atoms with van der Waals surface area (Å²) in [6.07, 6.45) is 9.34. The number of imidazole rings is 1. The molecule has 0 radical (unpaired) electrons. The molecule has 0 bridgehead atoms. The van der Waals surface area contributed by atoms with Crippen molar-refractivity contribution in [3.05, 3.63) is 23.9 Å². The van der Waals surface area contributed by atoms with Gasteiger partial charge in [0.1, 0.15) is 15.5 Å². The molecule has 7 nitrogen and oxygen atoms in total. The van der Waals surface area contributed by atoms with Crippen molar-refractivity contribution in [1.82, 2.24) is 9.38 Å². The number of sulfone groups is 1. The maximum Gasteiger partial charge on any atom is 0.227 e. The van der Waals surface area contributed by atoms with E-state index < -0.39 is 15.7 Å². The second-order valence-electron chi connectivity index (χ2n) is 7.29. The Bertz CT molecular complexity index is 965. The van der Waals surface area contributed by atoms with Crippen molar-refractivity contribution in [2.24, 2.45) is 5.92 Å². The Balaban J connectivity index is 1.91. The van der Waals surface area contributed by atoms with Crippen LogP contribution < -0.4 is 10.1 Å². The molecule has 1 amide bonds. The van der Waals surface area contributed by atoms with Crippen LogP contribution in [0.4, 0.5) is 10.1 Å². The summed E-state index contributed by atoms with van der Waals surface area (Å²) in [5.74, 6) is -0.984. The van der Waals surface area contributed by atoms with Gasteiger partial charge in [-0.3, -0.25) is 4.79 Å². The predicted molar refractivity (Wildman–Crippen MR) is 105 cm³/mol. The molecule has 2 aromatic heterocycles. The Labute approximate surface area is 164 Å². The van der Waals surface area contributed by atoms with Crippen LogP contribution in [0.5, 0.6) is 5.75 Å². The second kappa shape index (κ2) is 8.46. The SMILES string of the molecule is CCOc1c(NC(=O)C2CCCCC2)cn2cc(CCS(C)(=O)=O)nc2c1F. The summed E-state index contributed by atoms with van der Waals surface area (Å²) in [7, 11) is -3.15. The van der Waals surface area contributed by atoms with E-state index in [4.69, 9.17) is 4.74 Å². The van der Waals surface area contributed by atoms with Crippen molar-refractivity contribution in [1.29, 1.82) is 0 Å². The average Bonchev–Trinajstić information content (AvgIpc) is 3.07. The van der Waals surface area contributed by atoms with Crippen LogP contribution in [0.2, 0.25) is 0 Å². The summed E-state index contributed by atoms with van der Waals surface area (Å²) < 4.78 is 44.7. The molecule has 0 saturated heterocycles. The van der Waals surface area contributed by atoms with E-state index in [0.717, 1.165) is 38.4 Å². The predicted octanol–water partition coefficient (Wildman–Crippen LogP) is 2.98.